The molecule has 0 bridgehead atoms. The molecule has 0 aliphatic rings. The van der Waals surface area contributed by atoms with Gasteiger partial charge < -0.3 is 4.74 Å². The Morgan fingerprint density at radius 3 is 2.42 bits per heavy atom. The van der Waals surface area contributed by atoms with Gasteiger partial charge >= 0.3 is 0 Å². The molecule has 0 heterocycles. The van der Waals surface area contributed by atoms with E-state index in [1.54, 1.807) is 18.2 Å². The maximum Gasteiger partial charge on any atom is 0.167 e. The molecule has 0 unspecified atom stereocenters. The zero-order valence-corrected chi connectivity index (χ0v) is 13.9. The molecule has 120 valence electrons. The van der Waals surface area contributed by atoms with Crippen LogP contribution in [0.1, 0.15) is 21.5 Å². The smallest absolute Gasteiger partial charge is 0.167 e. The molecule has 0 spiro atoms. The van der Waals surface area contributed by atoms with E-state index in [0.29, 0.717) is 22.9 Å². The molecule has 24 heavy (non-hydrogen) atoms. The van der Waals surface area contributed by atoms with Gasteiger partial charge in [-0.2, -0.15) is 0 Å². The SMILES string of the molecule is O=C(Cc1ccccc1Cl)c1cccc(OCc2ccccc2)c1. The van der Waals surface area contributed by atoms with E-state index in [1.807, 2.05) is 60.7 Å². The van der Waals surface area contributed by atoms with Crippen LogP contribution in [-0.2, 0) is 13.0 Å². The molecule has 0 N–H and O–H groups in total. The summed E-state index contributed by atoms with van der Waals surface area (Å²) < 4.78 is 5.78. The van der Waals surface area contributed by atoms with Crippen molar-refractivity contribution in [3.8, 4) is 5.75 Å². The quantitative estimate of drug-likeness (QED) is 0.567. The Morgan fingerprint density at radius 2 is 1.62 bits per heavy atom. The second-order valence-electron chi connectivity index (χ2n) is 5.49. The Bertz CT molecular complexity index is 828. The predicted octanol–water partition coefficient (Wildman–Crippen LogP) is 5.34. The lowest BCUT2D eigenvalue weighted by molar-refractivity contribution is 0.0992. The number of benzene rings is 3. The normalized spacial score (nSPS) is 10.4. The molecule has 0 atom stereocenters. The predicted molar refractivity (Wildman–Crippen MR) is 96.7 cm³/mol. The van der Waals surface area contributed by atoms with Crippen molar-refractivity contribution < 1.29 is 9.53 Å². The number of Topliss-reactive ketones (excluding diaryl/α,β-unsaturated/α-hetero) is 1. The Hall–Kier alpha value is -2.58. The fourth-order valence-corrected chi connectivity index (χ4v) is 2.62. The van der Waals surface area contributed by atoms with E-state index in [4.69, 9.17) is 16.3 Å². The number of halogens is 1. The van der Waals surface area contributed by atoms with E-state index in [2.05, 4.69) is 0 Å². The monoisotopic (exact) mass is 336 g/mol. The van der Waals surface area contributed by atoms with E-state index >= 15 is 0 Å². The van der Waals surface area contributed by atoms with Crippen LogP contribution in [0.25, 0.3) is 0 Å². The van der Waals surface area contributed by atoms with Crippen LogP contribution < -0.4 is 4.74 Å². The summed E-state index contributed by atoms with van der Waals surface area (Å²) in [6.45, 7) is 0.475. The van der Waals surface area contributed by atoms with Crippen molar-refractivity contribution in [3.63, 3.8) is 0 Å². The molecular formula is C21H17ClO2. The summed E-state index contributed by atoms with van der Waals surface area (Å²) in [6.07, 6.45) is 0.280. The van der Waals surface area contributed by atoms with Gasteiger partial charge in [0.25, 0.3) is 0 Å². The van der Waals surface area contributed by atoms with Gasteiger partial charge in [-0.15, -0.1) is 0 Å². The van der Waals surface area contributed by atoms with Crippen molar-refractivity contribution in [1.29, 1.82) is 0 Å². The maximum absolute atomic E-state index is 12.5. The van der Waals surface area contributed by atoms with Gasteiger partial charge in [-0.05, 0) is 29.3 Å². The molecule has 0 fully saturated rings. The highest BCUT2D eigenvalue weighted by Crippen LogP contribution is 2.20. The van der Waals surface area contributed by atoms with Crippen LogP contribution in [0.5, 0.6) is 5.75 Å². The minimum absolute atomic E-state index is 0.0215. The van der Waals surface area contributed by atoms with Crippen molar-refractivity contribution >= 4 is 17.4 Å². The number of carbonyl (C=O) groups excluding carboxylic acids is 1. The summed E-state index contributed by atoms with van der Waals surface area (Å²) in [5, 5.41) is 0.613. The van der Waals surface area contributed by atoms with Crippen LogP contribution in [-0.4, -0.2) is 5.78 Å². The van der Waals surface area contributed by atoms with Gasteiger partial charge in [0.1, 0.15) is 12.4 Å². The third-order valence-electron chi connectivity index (χ3n) is 3.71. The molecule has 0 saturated heterocycles. The standard InChI is InChI=1S/C21H17ClO2/c22-20-12-5-4-9-17(20)14-21(23)18-10-6-11-19(13-18)24-15-16-7-2-1-3-8-16/h1-13H,14-15H2. The number of hydrogen-bond acceptors (Lipinski definition) is 2. The Balaban J connectivity index is 1.68. The molecule has 0 radical (unpaired) electrons. The summed E-state index contributed by atoms with van der Waals surface area (Å²) in [5.74, 6) is 0.706. The lowest BCUT2D eigenvalue weighted by Crippen LogP contribution is -2.04. The third-order valence-corrected chi connectivity index (χ3v) is 4.08. The number of ketones is 1. The largest absolute Gasteiger partial charge is 0.489 e. The first-order valence-electron chi connectivity index (χ1n) is 7.76. The molecule has 0 aromatic heterocycles. The topological polar surface area (TPSA) is 26.3 Å². The van der Waals surface area contributed by atoms with E-state index in [0.717, 1.165) is 11.1 Å². The van der Waals surface area contributed by atoms with E-state index in [-0.39, 0.29) is 12.2 Å². The van der Waals surface area contributed by atoms with Gasteiger partial charge in [0.2, 0.25) is 0 Å². The fraction of sp³-hybridized carbons (Fsp3) is 0.0952. The fourth-order valence-electron chi connectivity index (χ4n) is 2.42. The molecule has 0 aliphatic heterocycles. The van der Waals surface area contributed by atoms with Crippen molar-refractivity contribution in [2.45, 2.75) is 13.0 Å². The third kappa shape index (κ3) is 4.24. The number of hydrogen-bond donors (Lipinski definition) is 0. The summed E-state index contributed by atoms with van der Waals surface area (Å²) >= 11 is 6.13. The zero-order valence-electron chi connectivity index (χ0n) is 13.1. The van der Waals surface area contributed by atoms with Gasteiger partial charge in [0.05, 0.1) is 0 Å². The average molecular weight is 337 g/mol. The van der Waals surface area contributed by atoms with Crippen LogP contribution in [0.4, 0.5) is 0 Å². The second kappa shape index (κ2) is 7.80. The minimum atomic E-state index is 0.0215. The highest BCUT2D eigenvalue weighted by molar-refractivity contribution is 6.31. The molecule has 0 aliphatic carbocycles. The van der Waals surface area contributed by atoms with Crippen molar-refractivity contribution in [3.05, 3.63) is 101 Å². The second-order valence-corrected chi connectivity index (χ2v) is 5.90. The number of rotatable bonds is 6. The first-order chi connectivity index (χ1) is 11.7. The van der Waals surface area contributed by atoms with Gasteiger partial charge in [0.15, 0.2) is 5.78 Å². The maximum atomic E-state index is 12.5. The van der Waals surface area contributed by atoms with Crippen LogP contribution in [0.3, 0.4) is 0 Å². The summed E-state index contributed by atoms with van der Waals surface area (Å²) in [5.41, 5.74) is 2.55. The lowest BCUT2D eigenvalue weighted by Gasteiger charge is -2.08. The first-order valence-corrected chi connectivity index (χ1v) is 8.13. The molecular weight excluding hydrogens is 320 g/mol. The van der Waals surface area contributed by atoms with Crippen molar-refractivity contribution in [2.75, 3.05) is 0 Å². The zero-order chi connectivity index (χ0) is 16.8. The Kier molecular flexibility index (Phi) is 5.29. The Morgan fingerprint density at radius 1 is 0.875 bits per heavy atom. The molecule has 3 aromatic carbocycles. The summed E-state index contributed by atoms with van der Waals surface area (Å²) in [7, 11) is 0. The van der Waals surface area contributed by atoms with Gasteiger partial charge in [-0.3, -0.25) is 4.79 Å². The molecule has 0 amide bonds. The highest BCUT2D eigenvalue weighted by Gasteiger charge is 2.10. The van der Waals surface area contributed by atoms with Crippen molar-refractivity contribution in [2.24, 2.45) is 0 Å². The van der Waals surface area contributed by atoms with Crippen molar-refractivity contribution in [1.82, 2.24) is 0 Å². The first kappa shape index (κ1) is 16.3. The molecule has 2 nitrogen and oxygen atoms in total. The number of ether oxygens (including phenoxy) is 1. The number of carbonyl (C=O) groups is 1. The van der Waals surface area contributed by atoms with Crippen LogP contribution in [0.15, 0.2) is 78.9 Å². The molecule has 0 saturated carbocycles. The Labute approximate surface area is 146 Å². The molecule has 3 rings (SSSR count). The van der Waals surface area contributed by atoms with E-state index in [1.165, 1.54) is 0 Å². The summed E-state index contributed by atoms with van der Waals surface area (Å²) in [4.78, 5) is 12.5. The highest BCUT2D eigenvalue weighted by atomic mass is 35.5. The average Bonchev–Trinajstić information content (AvgIpc) is 2.63. The minimum Gasteiger partial charge on any atom is -0.489 e. The van der Waals surface area contributed by atoms with Crippen LogP contribution >= 0.6 is 11.6 Å². The van der Waals surface area contributed by atoms with Crippen LogP contribution in [0, 0.1) is 0 Å². The van der Waals surface area contributed by atoms with E-state index in [9.17, 15) is 4.79 Å². The van der Waals surface area contributed by atoms with Gasteiger partial charge in [-0.1, -0.05) is 72.3 Å². The van der Waals surface area contributed by atoms with Crippen LogP contribution in [0.2, 0.25) is 5.02 Å². The molecule has 3 heteroatoms. The lowest BCUT2D eigenvalue weighted by atomic mass is 10.0. The van der Waals surface area contributed by atoms with Gasteiger partial charge in [0, 0.05) is 17.0 Å². The molecule has 3 aromatic rings. The van der Waals surface area contributed by atoms with E-state index < -0.39 is 0 Å². The van der Waals surface area contributed by atoms with Gasteiger partial charge in [-0.25, -0.2) is 0 Å². The summed E-state index contributed by atoms with van der Waals surface area (Å²) in [6, 6.07) is 24.6.